The van der Waals surface area contributed by atoms with E-state index in [1.165, 1.54) is 12.1 Å². The first kappa shape index (κ1) is 13.7. The first-order valence-corrected chi connectivity index (χ1v) is 6.05. The standard InChI is InChI=1S/C10H3BrCl2F3NO/c11-6-8(18)5-3(12)1-2-4(13)7(5)17-9(6)10(14,15)16/h1-2H,(H,17,18). The van der Waals surface area contributed by atoms with E-state index in [9.17, 15) is 18.0 Å². The van der Waals surface area contributed by atoms with Gasteiger partial charge in [-0.15, -0.1) is 0 Å². The Morgan fingerprint density at radius 3 is 2.28 bits per heavy atom. The SMILES string of the molecule is O=c1c(Br)c(C(F)(F)F)[nH]c2c(Cl)ccc(Cl)c12. The molecular weight excluding hydrogens is 358 g/mol. The molecule has 0 bridgehead atoms. The van der Waals surface area contributed by atoms with Gasteiger partial charge in [-0.2, -0.15) is 13.2 Å². The van der Waals surface area contributed by atoms with Crippen LogP contribution in [0, 0.1) is 0 Å². The highest BCUT2D eigenvalue weighted by atomic mass is 79.9. The van der Waals surface area contributed by atoms with Gasteiger partial charge in [-0.05, 0) is 28.1 Å². The van der Waals surface area contributed by atoms with Gasteiger partial charge in [-0.25, -0.2) is 0 Å². The summed E-state index contributed by atoms with van der Waals surface area (Å²) in [5, 5.41) is -0.0568. The topological polar surface area (TPSA) is 32.9 Å². The minimum atomic E-state index is -4.70. The summed E-state index contributed by atoms with van der Waals surface area (Å²) in [6.07, 6.45) is -4.70. The lowest BCUT2D eigenvalue weighted by Crippen LogP contribution is -2.17. The second-order valence-electron chi connectivity index (χ2n) is 3.42. The Labute approximate surface area is 117 Å². The number of rotatable bonds is 0. The predicted octanol–water partition coefficient (Wildman–Crippen LogP) is 4.62. The number of benzene rings is 1. The highest BCUT2D eigenvalue weighted by molar-refractivity contribution is 9.10. The van der Waals surface area contributed by atoms with E-state index in [0.29, 0.717) is 0 Å². The molecule has 0 radical (unpaired) electrons. The molecule has 0 aliphatic heterocycles. The average molecular weight is 361 g/mol. The highest BCUT2D eigenvalue weighted by Crippen LogP contribution is 2.35. The van der Waals surface area contributed by atoms with Crippen LogP contribution in [0.25, 0.3) is 10.9 Å². The molecule has 1 aromatic heterocycles. The lowest BCUT2D eigenvalue weighted by molar-refractivity contribution is -0.141. The second kappa shape index (κ2) is 4.43. The lowest BCUT2D eigenvalue weighted by Gasteiger charge is -2.11. The van der Waals surface area contributed by atoms with Gasteiger partial charge in [0.15, 0.2) is 0 Å². The summed E-state index contributed by atoms with van der Waals surface area (Å²) in [6, 6.07) is 2.66. The van der Waals surface area contributed by atoms with Crippen molar-refractivity contribution in [2.24, 2.45) is 0 Å². The van der Waals surface area contributed by atoms with Gasteiger partial charge in [0.05, 0.1) is 25.4 Å². The van der Waals surface area contributed by atoms with E-state index >= 15 is 0 Å². The van der Waals surface area contributed by atoms with Crippen LogP contribution in [-0.4, -0.2) is 4.98 Å². The quantitative estimate of drug-likeness (QED) is 0.730. The van der Waals surface area contributed by atoms with Crippen LogP contribution >= 0.6 is 39.1 Å². The number of fused-ring (bicyclic) bond motifs is 1. The molecule has 0 saturated carbocycles. The molecule has 0 saturated heterocycles. The van der Waals surface area contributed by atoms with Gasteiger partial charge in [0, 0.05) is 0 Å². The van der Waals surface area contributed by atoms with Crippen molar-refractivity contribution < 1.29 is 13.2 Å². The molecule has 0 unspecified atom stereocenters. The molecule has 96 valence electrons. The van der Waals surface area contributed by atoms with E-state index in [1.807, 2.05) is 0 Å². The maximum atomic E-state index is 12.7. The van der Waals surface area contributed by atoms with Crippen LogP contribution in [0.2, 0.25) is 10.0 Å². The van der Waals surface area contributed by atoms with Crippen molar-refractivity contribution >= 4 is 50.0 Å². The molecule has 2 aromatic rings. The Balaban J connectivity index is 3.02. The molecule has 18 heavy (non-hydrogen) atoms. The number of H-pyrrole nitrogens is 1. The largest absolute Gasteiger partial charge is 0.432 e. The molecule has 0 aliphatic carbocycles. The molecule has 0 fully saturated rings. The third-order valence-electron chi connectivity index (χ3n) is 2.28. The molecule has 0 amide bonds. The van der Waals surface area contributed by atoms with Gasteiger partial charge < -0.3 is 4.98 Å². The van der Waals surface area contributed by atoms with E-state index in [-0.39, 0.29) is 20.9 Å². The number of pyridine rings is 1. The van der Waals surface area contributed by atoms with Gasteiger partial charge in [0.25, 0.3) is 0 Å². The number of alkyl halides is 3. The fraction of sp³-hybridized carbons (Fsp3) is 0.100. The molecule has 2 rings (SSSR count). The van der Waals surface area contributed by atoms with Gasteiger partial charge in [-0.1, -0.05) is 23.2 Å². The summed E-state index contributed by atoms with van der Waals surface area (Å²) in [5.41, 5.74) is -2.18. The number of halogens is 6. The van der Waals surface area contributed by atoms with Gasteiger partial charge in [-0.3, -0.25) is 4.79 Å². The Morgan fingerprint density at radius 2 is 1.72 bits per heavy atom. The van der Waals surface area contributed by atoms with Crippen LogP contribution in [0.4, 0.5) is 13.2 Å². The number of hydrogen-bond acceptors (Lipinski definition) is 1. The van der Waals surface area contributed by atoms with Crippen molar-refractivity contribution in [2.45, 2.75) is 6.18 Å². The minimum absolute atomic E-state index is 0.00972. The summed E-state index contributed by atoms with van der Waals surface area (Å²) in [6.45, 7) is 0. The Kier molecular flexibility index (Phi) is 3.38. The third kappa shape index (κ3) is 2.13. The molecule has 1 aromatic carbocycles. The van der Waals surface area contributed by atoms with Crippen molar-refractivity contribution in [3.63, 3.8) is 0 Å². The zero-order chi connectivity index (χ0) is 13.7. The summed E-state index contributed by atoms with van der Waals surface area (Å²) in [7, 11) is 0. The molecule has 2 nitrogen and oxygen atoms in total. The number of nitrogens with one attached hydrogen (secondary N) is 1. The normalized spacial score (nSPS) is 12.1. The van der Waals surface area contributed by atoms with Crippen molar-refractivity contribution in [1.82, 2.24) is 4.98 Å². The Hall–Kier alpha value is -0.720. The maximum absolute atomic E-state index is 12.7. The first-order valence-electron chi connectivity index (χ1n) is 4.50. The van der Waals surface area contributed by atoms with Gasteiger partial charge in [0.2, 0.25) is 5.43 Å². The van der Waals surface area contributed by atoms with Crippen molar-refractivity contribution in [3.8, 4) is 0 Å². The zero-order valence-corrected chi connectivity index (χ0v) is 11.4. The molecule has 8 heteroatoms. The van der Waals surface area contributed by atoms with Crippen LogP contribution < -0.4 is 5.43 Å². The lowest BCUT2D eigenvalue weighted by atomic mass is 10.2. The van der Waals surface area contributed by atoms with Gasteiger partial charge in [0.1, 0.15) is 5.69 Å². The molecule has 1 heterocycles. The first-order chi connectivity index (χ1) is 8.23. The maximum Gasteiger partial charge on any atom is 0.432 e. The summed E-state index contributed by atoms with van der Waals surface area (Å²) >= 11 is 14.2. The van der Waals surface area contributed by atoms with E-state index in [4.69, 9.17) is 23.2 Å². The second-order valence-corrected chi connectivity index (χ2v) is 5.03. The van der Waals surface area contributed by atoms with Crippen molar-refractivity contribution in [3.05, 3.63) is 42.6 Å². The molecular formula is C10H3BrCl2F3NO. The average Bonchev–Trinajstić information content (AvgIpc) is 2.26. The fourth-order valence-electron chi connectivity index (χ4n) is 1.49. The van der Waals surface area contributed by atoms with Crippen LogP contribution in [0.3, 0.4) is 0 Å². The third-order valence-corrected chi connectivity index (χ3v) is 3.67. The Bertz CT molecular complexity index is 696. The van der Waals surface area contributed by atoms with E-state index in [2.05, 4.69) is 20.9 Å². The van der Waals surface area contributed by atoms with Gasteiger partial charge >= 0.3 is 6.18 Å². The monoisotopic (exact) mass is 359 g/mol. The molecule has 0 atom stereocenters. The Morgan fingerprint density at radius 1 is 1.17 bits per heavy atom. The number of hydrogen-bond donors (Lipinski definition) is 1. The molecule has 0 aliphatic rings. The van der Waals surface area contributed by atoms with E-state index in [0.717, 1.165) is 0 Å². The fourth-order valence-corrected chi connectivity index (χ4v) is 2.46. The summed E-state index contributed by atoms with van der Waals surface area (Å²) in [4.78, 5) is 14.0. The minimum Gasteiger partial charge on any atom is -0.349 e. The number of aromatic nitrogens is 1. The van der Waals surface area contributed by atoms with Crippen molar-refractivity contribution in [2.75, 3.05) is 0 Å². The van der Waals surface area contributed by atoms with E-state index in [1.54, 1.807) is 0 Å². The van der Waals surface area contributed by atoms with Crippen LogP contribution in [-0.2, 0) is 6.18 Å². The summed E-state index contributed by atoms with van der Waals surface area (Å²) in [5.74, 6) is 0. The summed E-state index contributed by atoms with van der Waals surface area (Å²) < 4.78 is 37.5. The molecule has 0 spiro atoms. The van der Waals surface area contributed by atoms with Crippen molar-refractivity contribution in [1.29, 1.82) is 0 Å². The zero-order valence-electron chi connectivity index (χ0n) is 8.33. The van der Waals surface area contributed by atoms with E-state index < -0.39 is 21.8 Å². The highest BCUT2D eigenvalue weighted by Gasteiger charge is 2.36. The van der Waals surface area contributed by atoms with Crippen LogP contribution in [0.15, 0.2) is 21.4 Å². The van der Waals surface area contributed by atoms with Crippen LogP contribution in [0.1, 0.15) is 5.69 Å². The number of aromatic amines is 1. The molecule has 1 N–H and O–H groups in total. The van der Waals surface area contributed by atoms with Crippen LogP contribution in [0.5, 0.6) is 0 Å². The smallest absolute Gasteiger partial charge is 0.349 e. The predicted molar refractivity (Wildman–Crippen MR) is 67.3 cm³/mol.